The van der Waals surface area contributed by atoms with E-state index in [1.165, 1.54) is 16.7 Å². The summed E-state index contributed by atoms with van der Waals surface area (Å²) in [5.74, 6) is 0.176. The topological polar surface area (TPSA) is 110 Å². The predicted octanol–water partition coefficient (Wildman–Crippen LogP) is 0.275. The first-order chi connectivity index (χ1) is 11.4. The Labute approximate surface area is 146 Å². The molecular formula is C16H25N3O4S. The van der Waals surface area contributed by atoms with Crippen molar-refractivity contribution in [2.24, 2.45) is 17.6 Å². The van der Waals surface area contributed by atoms with Crippen LogP contribution in [0.1, 0.15) is 38.5 Å². The number of primary amides is 1. The average molecular weight is 355 g/mol. The number of likely N-dealkylation sites (tertiary alicyclic amines) is 1. The minimum absolute atomic E-state index is 0.0494. The number of nitrogens with zero attached hydrogens (tertiary/aromatic N) is 1. The number of carbonyl (C=O) groups excluding carboxylic acids is 4. The summed E-state index contributed by atoms with van der Waals surface area (Å²) in [7, 11) is 1.64. The lowest BCUT2D eigenvalue weighted by molar-refractivity contribution is -0.139. The number of thioether (sulfide) groups is 1. The van der Waals surface area contributed by atoms with Gasteiger partial charge in [0, 0.05) is 38.1 Å². The summed E-state index contributed by atoms with van der Waals surface area (Å²) in [6.45, 7) is 0.449. The minimum Gasteiger partial charge on any atom is -0.370 e. The van der Waals surface area contributed by atoms with Gasteiger partial charge < -0.3 is 11.1 Å². The molecule has 1 unspecified atom stereocenters. The summed E-state index contributed by atoms with van der Waals surface area (Å²) in [6.07, 6.45) is 3.74. The molecule has 0 aromatic heterocycles. The minimum atomic E-state index is -0.399. The molecule has 134 valence electrons. The highest BCUT2D eigenvalue weighted by molar-refractivity contribution is 8.00. The molecule has 1 atom stereocenters. The van der Waals surface area contributed by atoms with Crippen LogP contribution in [-0.4, -0.2) is 53.1 Å². The van der Waals surface area contributed by atoms with Gasteiger partial charge in [0.25, 0.3) is 0 Å². The molecule has 2 fully saturated rings. The summed E-state index contributed by atoms with van der Waals surface area (Å²) in [4.78, 5) is 48.3. The summed E-state index contributed by atoms with van der Waals surface area (Å²) in [6, 6.07) is 0. The van der Waals surface area contributed by atoms with Gasteiger partial charge in [-0.1, -0.05) is 0 Å². The van der Waals surface area contributed by atoms with Crippen LogP contribution in [0.15, 0.2) is 0 Å². The van der Waals surface area contributed by atoms with E-state index in [4.69, 9.17) is 5.73 Å². The molecule has 7 nitrogen and oxygen atoms in total. The van der Waals surface area contributed by atoms with Crippen LogP contribution in [0.4, 0.5) is 0 Å². The van der Waals surface area contributed by atoms with Crippen molar-refractivity contribution in [3.63, 3.8) is 0 Å². The van der Waals surface area contributed by atoms with Crippen LogP contribution in [0.5, 0.6) is 0 Å². The molecule has 1 aliphatic heterocycles. The van der Waals surface area contributed by atoms with Crippen LogP contribution in [-0.2, 0) is 19.2 Å². The number of rotatable bonds is 7. The standard InChI is InChI=1S/C16H25N3O4S/c1-18-15(22)11-4-2-10(3-5-11)9-19-14(21)8-12(16(19)23)24-7-6-13(17)20/h10-12H,2-9H2,1H3,(H2,17,20)(H,18,22). The smallest absolute Gasteiger partial charge is 0.242 e. The molecule has 0 aromatic carbocycles. The van der Waals surface area contributed by atoms with Crippen LogP contribution in [0.3, 0.4) is 0 Å². The van der Waals surface area contributed by atoms with E-state index < -0.39 is 5.91 Å². The van der Waals surface area contributed by atoms with E-state index in [1.807, 2.05) is 0 Å². The first-order valence-corrected chi connectivity index (χ1v) is 9.43. The van der Waals surface area contributed by atoms with E-state index in [9.17, 15) is 19.2 Å². The van der Waals surface area contributed by atoms with Crippen molar-refractivity contribution in [3.8, 4) is 0 Å². The Bertz CT molecular complexity index is 517. The van der Waals surface area contributed by atoms with Gasteiger partial charge in [0.2, 0.25) is 23.6 Å². The third-order valence-electron chi connectivity index (χ3n) is 4.77. The Morgan fingerprint density at radius 1 is 1.25 bits per heavy atom. The Balaban J connectivity index is 1.80. The van der Waals surface area contributed by atoms with E-state index in [0.29, 0.717) is 12.3 Å². The van der Waals surface area contributed by atoms with Crippen molar-refractivity contribution in [1.29, 1.82) is 0 Å². The maximum absolute atomic E-state index is 12.4. The Kier molecular flexibility index (Phi) is 6.65. The van der Waals surface area contributed by atoms with Gasteiger partial charge in [0.05, 0.1) is 5.25 Å². The second-order valence-electron chi connectivity index (χ2n) is 6.45. The van der Waals surface area contributed by atoms with Gasteiger partial charge in [-0.05, 0) is 31.6 Å². The number of carbonyl (C=O) groups is 4. The number of amides is 4. The lowest BCUT2D eigenvalue weighted by atomic mass is 9.81. The van der Waals surface area contributed by atoms with Crippen molar-refractivity contribution in [3.05, 3.63) is 0 Å². The highest BCUT2D eigenvalue weighted by Crippen LogP contribution is 2.32. The molecule has 8 heteroatoms. The molecule has 4 amide bonds. The van der Waals surface area contributed by atoms with Crippen molar-refractivity contribution in [2.45, 2.75) is 43.8 Å². The fraction of sp³-hybridized carbons (Fsp3) is 0.750. The van der Waals surface area contributed by atoms with Gasteiger partial charge in [-0.3, -0.25) is 24.1 Å². The quantitative estimate of drug-likeness (QED) is 0.637. The lowest BCUT2D eigenvalue weighted by Gasteiger charge is -2.29. The second-order valence-corrected chi connectivity index (χ2v) is 7.76. The molecule has 0 radical (unpaired) electrons. The zero-order valence-corrected chi connectivity index (χ0v) is 14.8. The number of nitrogens with two attached hydrogens (primary N) is 1. The number of hydrogen-bond acceptors (Lipinski definition) is 5. The average Bonchev–Trinajstić information content (AvgIpc) is 2.82. The zero-order valence-electron chi connectivity index (χ0n) is 14.0. The highest BCUT2D eigenvalue weighted by atomic mass is 32.2. The van der Waals surface area contributed by atoms with Crippen molar-refractivity contribution in [1.82, 2.24) is 10.2 Å². The molecule has 0 spiro atoms. The molecule has 2 rings (SSSR count). The monoisotopic (exact) mass is 355 g/mol. The summed E-state index contributed by atoms with van der Waals surface area (Å²) < 4.78 is 0. The van der Waals surface area contributed by atoms with Crippen molar-refractivity contribution < 1.29 is 19.2 Å². The molecule has 0 aromatic rings. The maximum atomic E-state index is 12.4. The van der Waals surface area contributed by atoms with Gasteiger partial charge in [0.15, 0.2) is 0 Å². The van der Waals surface area contributed by atoms with Crippen LogP contribution in [0, 0.1) is 11.8 Å². The maximum Gasteiger partial charge on any atom is 0.242 e. The molecule has 1 heterocycles. The summed E-state index contributed by atoms with van der Waals surface area (Å²) >= 11 is 1.33. The molecular weight excluding hydrogens is 330 g/mol. The number of nitrogens with one attached hydrogen (secondary N) is 1. The van der Waals surface area contributed by atoms with Gasteiger partial charge in [-0.2, -0.15) is 0 Å². The Morgan fingerprint density at radius 3 is 2.50 bits per heavy atom. The van der Waals surface area contributed by atoms with E-state index >= 15 is 0 Å². The second kappa shape index (κ2) is 8.50. The third kappa shape index (κ3) is 4.72. The van der Waals surface area contributed by atoms with Crippen molar-refractivity contribution in [2.75, 3.05) is 19.3 Å². The van der Waals surface area contributed by atoms with Crippen LogP contribution in [0.25, 0.3) is 0 Å². The van der Waals surface area contributed by atoms with Gasteiger partial charge >= 0.3 is 0 Å². The van der Waals surface area contributed by atoms with E-state index in [0.717, 1.165) is 25.7 Å². The molecule has 1 saturated heterocycles. The van der Waals surface area contributed by atoms with Gasteiger partial charge in [-0.15, -0.1) is 11.8 Å². The van der Waals surface area contributed by atoms with Gasteiger partial charge in [0.1, 0.15) is 0 Å². The number of imide groups is 1. The first kappa shape index (κ1) is 18.8. The largest absolute Gasteiger partial charge is 0.370 e. The Hall–Kier alpha value is -1.57. The normalized spacial score (nSPS) is 27.4. The highest BCUT2D eigenvalue weighted by Gasteiger charge is 2.40. The predicted molar refractivity (Wildman–Crippen MR) is 90.9 cm³/mol. The molecule has 0 bridgehead atoms. The van der Waals surface area contributed by atoms with Gasteiger partial charge in [-0.25, -0.2) is 0 Å². The molecule has 3 N–H and O–H groups in total. The molecule has 1 saturated carbocycles. The summed E-state index contributed by atoms with van der Waals surface area (Å²) in [5.41, 5.74) is 5.09. The van der Waals surface area contributed by atoms with Crippen LogP contribution in [0.2, 0.25) is 0 Å². The fourth-order valence-corrected chi connectivity index (χ4v) is 4.48. The van der Waals surface area contributed by atoms with Crippen molar-refractivity contribution >= 4 is 35.4 Å². The third-order valence-corrected chi connectivity index (χ3v) is 5.99. The lowest BCUT2D eigenvalue weighted by Crippen LogP contribution is -2.38. The summed E-state index contributed by atoms with van der Waals surface area (Å²) in [5, 5.41) is 2.29. The van der Waals surface area contributed by atoms with Crippen LogP contribution < -0.4 is 11.1 Å². The first-order valence-electron chi connectivity index (χ1n) is 8.38. The fourth-order valence-electron chi connectivity index (χ4n) is 3.35. The Morgan fingerprint density at radius 2 is 1.92 bits per heavy atom. The number of hydrogen-bond donors (Lipinski definition) is 2. The van der Waals surface area contributed by atoms with Crippen LogP contribution >= 0.6 is 11.8 Å². The van der Waals surface area contributed by atoms with E-state index in [1.54, 1.807) is 7.05 Å². The molecule has 24 heavy (non-hydrogen) atoms. The molecule has 1 aliphatic carbocycles. The SMILES string of the molecule is CNC(=O)C1CCC(CN2C(=O)CC(SCCC(N)=O)C2=O)CC1. The van der Waals surface area contributed by atoms with E-state index in [-0.39, 0.29) is 47.6 Å². The molecule has 2 aliphatic rings. The zero-order chi connectivity index (χ0) is 17.7. The van der Waals surface area contributed by atoms with E-state index in [2.05, 4.69) is 5.32 Å².